The molecule has 48 heavy (non-hydrogen) atoms. The van der Waals surface area contributed by atoms with E-state index in [9.17, 15) is 39.0 Å². The van der Waals surface area contributed by atoms with Gasteiger partial charge in [0.2, 0.25) is 12.0 Å². The van der Waals surface area contributed by atoms with E-state index in [0.717, 1.165) is 16.2 Å². The van der Waals surface area contributed by atoms with E-state index in [0.29, 0.717) is 32.3 Å². The minimum absolute atomic E-state index is 0.0219. The SMILES string of the molecule is CC[N+]1(C(=O)OC(C)(C)C)CCC[C@H]1C(NC=O)C1=C(C(=O)O)N2C(=O)C(NC(=O)C(=NOC(C)(C)C(=O)O)c3csc(N)n3)[C@@H]2SC1. The summed E-state index contributed by atoms with van der Waals surface area (Å²) in [6.45, 7) is 10.3. The van der Waals surface area contributed by atoms with Gasteiger partial charge in [-0.3, -0.25) is 19.3 Å². The summed E-state index contributed by atoms with van der Waals surface area (Å²) < 4.78 is 5.64. The number of aromatic nitrogens is 1. The van der Waals surface area contributed by atoms with Gasteiger partial charge in [-0.25, -0.2) is 19.1 Å². The molecule has 4 rings (SSSR count). The van der Waals surface area contributed by atoms with Crippen LogP contribution in [0.2, 0.25) is 0 Å². The van der Waals surface area contributed by atoms with Crippen LogP contribution in [0, 0.1) is 0 Å². The maximum absolute atomic E-state index is 13.6. The van der Waals surface area contributed by atoms with E-state index >= 15 is 0 Å². The van der Waals surface area contributed by atoms with Gasteiger partial charge in [-0.2, -0.15) is 4.79 Å². The van der Waals surface area contributed by atoms with Crippen molar-refractivity contribution in [1.29, 1.82) is 0 Å². The third-order valence-corrected chi connectivity index (χ3v) is 10.3. The van der Waals surface area contributed by atoms with Crippen molar-refractivity contribution >= 4 is 70.2 Å². The van der Waals surface area contributed by atoms with Crippen LogP contribution in [0.15, 0.2) is 21.8 Å². The summed E-state index contributed by atoms with van der Waals surface area (Å²) in [4.78, 5) is 87.0. The average molecular weight is 711 g/mol. The molecular weight excluding hydrogens is 670 g/mol. The third-order valence-electron chi connectivity index (χ3n) is 8.37. The number of ether oxygens (including phenoxy) is 1. The Morgan fingerprint density at radius 1 is 1.25 bits per heavy atom. The number of carboxylic acids is 2. The molecule has 17 nitrogen and oxygen atoms in total. The molecule has 0 aliphatic carbocycles. The van der Waals surface area contributed by atoms with Gasteiger partial charge in [0.15, 0.2) is 10.8 Å². The number of aliphatic carboxylic acids is 2. The van der Waals surface area contributed by atoms with Gasteiger partial charge >= 0.3 is 18.0 Å². The molecule has 3 aliphatic rings. The number of hydrogen-bond donors (Lipinski definition) is 5. The lowest BCUT2D eigenvalue weighted by Crippen LogP contribution is -2.72. The van der Waals surface area contributed by atoms with Crippen molar-refractivity contribution in [2.24, 2.45) is 5.16 Å². The van der Waals surface area contributed by atoms with Gasteiger partial charge < -0.3 is 36.2 Å². The fourth-order valence-corrected chi connectivity index (χ4v) is 7.91. The molecule has 5 atom stereocenters. The lowest BCUT2D eigenvalue weighted by molar-refractivity contribution is -0.869. The fourth-order valence-electron chi connectivity index (χ4n) is 5.96. The zero-order chi connectivity index (χ0) is 35.8. The number of quaternary nitrogens is 1. The normalized spacial score (nSPS) is 25.0. The highest BCUT2D eigenvalue weighted by Gasteiger charge is 2.58. The van der Waals surface area contributed by atoms with E-state index < -0.39 is 70.3 Å². The number of thioether (sulfide) groups is 1. The van der Waals surface area contributed by atoms with Crippen LogP contribution < -0.4 is 16.4 Å². The molecule has 0 saturated carbocycles. The van der Waals surface area contributed by atoms with Crippen LogP contribution in [0.3, 0.4) is 0 Å². The lowest BCUT2D eigenvalue weighted by Gasteiger charge is -2.50. The Hall–Kier alpha value is -4.23. The monoisotopic (exact) mass is 710 g/mol. The van der Waals surface area contributed by atoms with Crippen LogP contribution in [-0.4, -0.2) is 120 Å². The summed E-state index contributed by atoms with van der Waals surface area (Å²) in [5, 5.41) is 29.5. The first-order valence-corrected chi connectivity index (χ1v) is 17.0. The first-order chi connectivity index (χ1) is 22.4. The number of carbonyl (C=O) groups excluding carboxylic acids is 4. The highest BCUT2D eigenvalue weighted by Crippen LogP contribution is 2.44. The molecule has 0 radical (unpaired) electrons. The van der Waals surface area contributed by atoms with E-state index in [1.54, 1.807) is 20.8 Å². The summed E-state index contributed by atoms with van der Waals surface area (Å²) >= 11 is 2.17. The van der Waals surface area contributed by atoms with Crippen molar-refractivity contribution in [2.45, 2.75) is 89.1 Å². The fraction of sp³-hybridized carbons (Fsp3) is 0.586. The summed E-state index contributed by atoms with van der Waals surface area (Å²) in [6, 6.07) is -2.67. The van der Waals surface area contributed by atoms with Crippen molar-refractivity contribution in [3.05, 3.63) is 22.3 Å². The van der Waals surface area contributed by atoms with E-state index in [1.807, 2.05) is 6.92 Å². The topological polar surface area (TPSA) is 240 Å². The number of carboxylic acid groups (broad SMARTS) is 2. The molecule has 2 saturated heterocycles. The molecule has 6 N–H and O–H groups in total. The molecule has 0 spiro atoms. The number of nitrogens with two attached hydrogens (primary N) is 1. The maximum atomic E-state index is 13.6. The largest absolute Gasteiger partial charge is 0.516 e. The summed E-state index contributed by atoms with van der Waals surface area (Å²) in [5.41, 5.74) is 2.58. The number of nitrogen functional groups attached to an aromatic ring is 1. The maximum Gasteiger partial charge on any atom is 0.516 e. The minimum atomic E-state index is -1.81. The Balaban J connectivity index is 1.65. The van der Waals surface area contributed by atoms with Gasteiger partial charge in [-0.1, -0.05) is 5.16 Å². The van der Waals surface area contributed by atoms with Gasteiger partial charge in [0.1, 0.15) is 40.5 Å². The predicted octanol–water partition coefficient (Wildman–Crippen LogP) is 1.10. The molecule has 2 fully saturated rings. The van der Waals surface area contributed by atoms with Gasteiger partial charge in [0.05, 0.1) is 13.1 Å². The molecule has 1 aromatic heterocycles. The second-order valence-corrected chi connectivity index (χ2v) is 15.0. The van der Waals surface area contributed by atoms with Crippen molar-refractivity contribution < 1.29 is 53.0 Å². The van der Waals surface area contributed by atoms with Crippen LogP contribution in [0.4, 0.5) is 9.93 Å². The quantitative estimate of drug-likeness (QED) is 0.0672. The molecule has 3 unspecified atom stereocenters. The number of β-lactam (4-membered cyclic amide) rings is 1. The molecule has 0 aromatic carbocycles. The molecule has 1 aromatic rings. The minimum Gasteiger partial charge on any atom is -0.478 e. The Morgan fingerprint density at radius 2 is 1.94 bits per heavy atom. The standard InChI is InChI=1S/C29H39N7O10S2/c1-7-36(27(44)45-28(2,3)4)10-8-9-16(36)17(31-13-37)14-11-47-23-19(22(39)35(23)20(14)24(40)41)33-21(38)18(15-12-48-26(30)32-15)34-46-29(5,6)25(42)43/h12-13,16-17,19,23H,7-11H2,1-6H3,(H5-,30,31,32,33,37,38,40,41,42,43)/p+1/t16-,17?,19?,23-,36?/m0/s1. The number of nitrogens with one attached hydrogen (secondary N) is 2. The molecular formula is C29H40N7O10S2+. The van der Waals surface area contributed by atoms with Crippen molar-refractivity contribution in [3.8, 4) is 0 Å². The van der Waals surface area contributed by atoms with E-state index in [2.05, 4.69) is 20.8 Å². The van der Waals surface area contributed by atoms with Crippen LogP contribution in [0.25, 0.3) is 0 Å². The Bertz CT molecular complexity index is 1570. The zero-order valence-corrected chi connectivity index (χ0v) is 29.0. The van der Waals surface area contributed by atoms with Crippen LogP contribution >= 0.6 is 23.1 Å². The Kier molecular flexibility index (Phi) is 10.5. The van der Waals surface area contributed by atoms with Crippen LogP contribution in [0.5, 0.6) is 0 Å². The van der Waals surface area contributed by atoms with E-state index in [-0.39, 0.29) is 32.3 Å². The number of rotatable bonds is 12. The number of fused-ring (bicyclic) bond motifs is 1. The number of amides is 4. The molecule has 19 heteroatoms. The second kappa shape index (κ2) is 13.7. The van der Waals surface area contributed by atoms with Gasteiger partial charge in [-0.05, 0) is 47.1 Å². The Morgan fingerprint density at radius 3 is 2.48 bits per heavy atom. The third kappa shape index (κ3) is 6.98. The van der Waals surface area contributed by atoms with Gasteiger partial charge in [0.25, 0.3) is 11.8 Å². The Labute approximate surface area is 284 Å². The van der Waals surface area contributed by atoms with Crippen molar-refractivity contribution in [1.82, 2.24) is 20.5 Å². The summed E-state index contributed by atoms with van der Waals surface area (Å²) in [7, 11) is 0. The number of likely N-dealkylation sites (N-methyl/N-ethyl adjacent to an activating group) is 1. The molecule has 4 amide bonds. The number of thiazole rings is 1. The van der Waals surface area contributed by atoms with Gasteiger partial charge in [0, 0.05) is 24.0 Å². The smallest absolute Gasteiger partial charge is 0.478 e. The number of oxime groups is 1. The number of carbonyl (C=O) groups is 6. The van der Waals surface area contributed by atoms with E-state index in [1.165, 1.54) is 31.0 Å². The number of anilines is 1. The first-order valence-electron chi connectivity index (χ1n) is 15.1. The van der Waals surface area contributed by atoms with Crippen molar-refractivity contribution in [2.75, 3.05) is 24.6 Å². The highest BCUT2D eigenvalue weighted by molar-refractivity contribution is 8.00. The summed E-state index contributed by atoms with van der Waals surface area (Å²) in [6.07, 6.45) is 1.08. The zero-order valence-electron chi connectivity index (χ0n) is 27.3. The summed E-state index contributed by atoms with van der Waals surface area (Å²) in [5.74, 6) is -4.38. The van der Waals surface area contributed by atoms with Crippen molar-refractivity contribution in [3.63, 3.8) is 0 Å². The lowest BCUT2D eigenvalue weighted by atomic mass is 9.92. The number of hydrogen-bond acceptors (Lipinski definition) is 13. The highest BCUT2D eigenvalue weighted by atomic mass is 32.2. The number of nitrogens with zero attached hydrogens (tertiary/aromatic N) is 4. The molecule has 3 aliphatic heterocycles. The predicted molar refractivity (Wildman–Crippen MR) is 173 cm³/mol. The average Bonchev–Trinajstić information content (AvgIpc) is 3.63. The first kappa shape index (κ1) is 36.6. The van der Waals surface area contributed by atoms with Crippen LogP contribution in [0.1, 0.15) is 60.1 Å². The van der Waals surface area contributed by atoms with E-state index in [4.69, 9.17) is 15.3 Å². The second-order valence-electron chi connectivity index (χ2n) is 13.0. The van der Waals surface area contributed by atoms with Crippen LogP contribution in [-0.2, 0) is 33.5 Å². The molecule has 0 bridgehead atoms. The molecule has 4 heterocycles. The number of likely N-dealkylation sites (tertiary alicyclic amines) is 1. The molecule has 262 valence electrons. The van der Waals surface area contributed by atoms with Gasteiger partial charge in [-0.15, -0.1) is 23.1 Å².